The Morgan fingerprint density at radius 1 is 1.47 bits per heavy atom. The van der Waals surface area contributed by atoms with E-state index in [4.69, 9.17) is 5.73 Å². The number of amides is 2. The molecule has 84 valence electrons. The number of hydrogen-bond donors (Lipinski definition) is 2. The molecular formula is C10H17N3O2. The SMILES string of the molecule is NCC1(C(=O)N2CCNC(=O)CC2)CC1. The van der Waals surface area contributed by atoms with Crippen molar-refractivity contribution in [3.05, 3.63) is 0 Å². The molecule has 1 saturated heterocycles. The van der Waals surface area contributed by atoms with Crippen LogP contribution in [0.1, 0.15) is 19.3 Å². The molecule has 2 aliphatic rings. The van der Waals surface area contributed by atoms with Gasteiger partial charge in [0.05, 0.1) is 5.41 Å². The number of hydrogen-bond acceptors (Lipinski definition) is 3. The lowest BCUT2D eigenvalue weighted by molar-refractivity contribution is -0.136. The van der Waals surface area contributed by atoms with Gasteiger partial charge in [-0.2, -0.15) is 0 Å². The molecular weight excluding hydrogens is 194 g/mol. The van der Waals surface area contributed by atoms with Gasteiger partial charge < -0.3 is 16.0 Å². The predicted octanol–water partition coefficient (Wildman–Crippen LogP) is -0.926. The Hall–Kier alpha value is -1.10. The Morgan fingerprint density at radius 2 is 2.20 bits per heavy atom. The van der Waals surface area contributed by atoms with Crippen molar-refractivity contribution >= 4 is 11.8 Å². The largest absolute Gasteiger partial charge is 0.354 e. The lowest BCUT2D eigenvalue weighted by Gasteiger charge is -2.24. The van der Waals surface area contributed by atoms with Gasteiger partial charge in [-0.3, -0.25) is 9.59 Å². The highest BCUT2D eigenvalue weighted by atomic mass is 16.2. The highest BCUT2D eigenvalue weighted by Crippen LogP contribution is 2.46. The van der Waals surface area contributed by atoms with Crippen LogP contribution >= 0.6 is 0 Å². The van der Waals surface area contributed by atoms with Crippen molar-refractivity contribution in [1.82, 2.24) is 10.2 Å². The Labute approximate surface area is 89.0 Å². The fourth-order valence-electron chi connectivity index (χ4n) is 1.96. The van der Waals surface area contributed by atoms with Crippen LogP contribution in [0.25, 0.3) is 0 Å². The van der Waals surface area contributed by atoms with E-state index in [1.165, 1.54) is 0 Å². The summed E-state index contributed by atoms with van der Waals surface area (Å²) in [7, 11) is 0. The maximum Gasteiger partial charge on any atom is 0.230 e. The second-order valence-corrected chi connectivity index (χ2v) is 4.38. The second-order valence-electron chi connectivity index (χ2n) is 4.38. The fraction of sp³-hybridized carbons (Fsp3) is 0.800. The highest BCUT2D eigenvalue weighted by Gasteiger charge is 2.50. The third-order valence-corrected chi connectivity index (χ3v) is 3.30. The number of carbonyl (C=O) groups is 2. The first-order valence-electron chi connectivity index (χ1n) is 5.44. The molecule has 1 aliphatic carbocycles. The zero-order chi connectivity index (χ0) is 10.9. The number of rotatable bonds is 2. The molecule has 5 nitrogen and oxygen atoms in total. The number of nitrogens with zero attached hydrogens (tertiary/aromatic N) is 1. The van der Waals surface area contributed by atoms with Crippen LogP contribution in [-0.2, 0) is 9.59 Å². The maximum absolute atomic E-state index is 12.1. The zero-order valence-corrected chi connectivity index (χ0v) is 8.79. The van der Waals surface area contributed by atoms with E-state index in [-0.39, 0.29) is 17.2 Å². The molecule has 0 bridgehead atoms. The van der Waals surface area contributed by atoms with Crippen molar-refractivity contribution < 1.29 is 9.59 Å². The minimum atomic E-state index is -0.284. The van der Waals surface area contributed by atoms with Crippen molar-refractivity contribution in [2.45, 2.75) is 19.3 Å². The summed E-state index contributed by atoms with van der Waals surface area (Å²) in [6.07, 6.45) is 2.22. The fourth-order valence-corrected chi connectivity index (χ4v) is 1.96. The van der Waals surface area contributed by atoms with E-state index >= 15 is 0 Å². The Morgan fingerprint density at radius 3 is 2.80 bits per heavy atom. The van der Waals surface area contributed by atoms with E-state index in [0.717, 1.165) is 12.8 Å². The third kappa shape index (κ3) is 1.97. The number of nitrogens with one attached hydrogen (secondary N) is 1. The van der Waals surface area contributed by atoms with Gasteiger partial charge >= 0.3 is 0 Å². The summed E-state index contributed by atoms with van der Waals surface area (Å²) in [6.45, 7) is 2.15. The van der Waals surface area contributed by atoms with Gasteiger partial charge in [-0.25, -0.2) is 0 Å². The summed E-state index contributed by atoms with van der Waals surface area (Å²) in [6, 6.07) is 0. The summed E-state index contributed by atoms with van der Waals surface area (Å²) in [5.41, 5.74) is 5.33. The van der Waals surface area contributed by atoms with Gasteiger partial charge in [0.1, 0.15) is 0 Å². The Bertz CT molecular complexity index is 286. The molecule has 5 heteroatoms. The number of nitrogens with two attached hydrogens (primary N) is 1. The molecule has 0 spiro atoms. The first-order valence-corrected chi connectivity index (χ1v) is 5.44. The summed E-state index contributed by atoms with van der Waals surface area (Å²) in [5, 5.41) is 2.76. The van der Waals surface area contributed by atoms with Gasteiger partial charge in [-0.1, -0.05) is 0 Å². The third-order valence-electron chi connectivity index (χ3n) is 3.30. The van der Waals surface area contributed by atoms with Crippen LogP contribution in [0.2, 0.25) is 0 Å². The van der Waals surface area contributed by atoms with Crippen molar-refractivity contribution in [1.29, 1.82) is 0 Å². The first kappa shape index (κ1) is 10.4. The average molecular weight is 211 g/mol. The zero-order valence-electron chi connectivity index (χ0n) is 8.79. The number of carbonyl (C=O) groups excluding carboxylic acids is 2. The summed E-state index contributed by atoms with van der Waals surface area (Å²) >= 11 is 0. The standard InChI is InChI=1S/C10H17N3O2/c11-7-10(2-3-10)9(15)13-5-1-8(14)12-4-6-13/h1-7,11H2,(H,12,14). The van der Waals surface area contributed by atoms with Crippen molar-refractivity contribution in [2.75, 3.05) is 26.2 Å². The predicted molar refractivity (Wildman–Crippen MR) is 54.9 cm³/mol. The van der Waals surface area contributed by atoms with E-state index in [1.807, 2.05) is 0 Å². The highest BCUT2D eigenvalue weighted by molar-refractivity contribution is 5.86. The lowest BCUT2D eigenvalue weighted by atomic mass is 10.1. The molecule has 2 fully saturated rings. The van der Waals surface area contributed by atoms with Crippen LogP contribution in [-0.4, -0.2) is 42.9 Å². The maximum atomic E-state index is 12.1. The van der Waals surface area contributed by atoms with Crippen LogP contribution in [0.4, 0.5) is 0 Å². The van der Waals surface area contributed by atoms with Crippen LogP contribution in [0.5, 0.6) is 0 Å². The van der Waals surface area contributed by atoms with Gasteiger partial charge in [0, 0.05) is 32.6 Å². The molecule has 1 saturated carbocycles. The molecule has 15 heavy (non-hydrogen) atoms. The van der Waals surface area contributed by atoms with E-state index < -0.39 is 0 Å². The molecule has 0 unspecified atom stereocenters. The van der Waals surface area contributed by atoms with E-state index in [9.17, 15) is 9.59 Å². The van der Waals surface area contributed by atoms with Crippen LogP contribution in [0, 0.1) is 5.41 Å². The van der Waals surface area contributed by atoms with E-state index in [2.05, 4.69) is 5.32 Å². The molecule has 0 aromatic carbocycles. The van der Waals surface area contributed by atoms with Crippen molar-refractivity contribution in [3.8, 4) is 0 Å². The molecule has 1 aliphatic heterocycles. The van der Waals surface area contributed by atoms with Crippen molar-refractivity contribution in [3.63, 3.8) is 0 Å². The smallest absolute Gasteiger partial charge is 0.230 e. The monoisotopic (exact) mass is 211 g/mol. The second kappa shape index (κ2) is 3.81. The minimum absolute atomic E-state index is 0.0305. The summed E-state index contributed by atoms with van der Waals surface area (Å²) in [4.78, 5) is 25.0. The Kier molecular flexibility index (Phi) is 2.65. The van der Waals surface area contributed by atoms with Gasteiger partial charge in [0.2, 0.25) is 11.8 Å². The summed E-state index contributed by atoms with van der Waals surface area (Å²) < 4.78 is 0. The molecule has 0 aromatic rings. The molecule has 0 atom stereocenters. The molecule has 1 heterocycles. The topological polar surface area (TPSA) is 75.4 Å². The van der Waals surface area contributed by atoms with Crippen LogP contribution in [0.15, 0.2) is 0 Å². The van der Waals surface area contributed by atoms with Gasteiger partial charge in [-0.05, 0) is 12.8 Å². The van der Waals surface area contributed by atoms with Gasteiger partial charge in [0.25, 0.3) is 0 Å². The Balaban J connectivity index is 1.98. The first-order chi connectivity index (χ1) is 7.18. The van der Waals surface area contributed by atoms with E-state index in [0.29, 0.717) is 32.6 Å². The average Bonchev–Trinajstić information content (AvgIpc) is 3.02. The van der Waals surface area contributed by atoms with Crippen molar-refractivity contribution in [2.24, 2.45) is 11.1 Å². The van der Waals surface area contributed by atoms with Crippen LogP contribution in [0.3, 0.4) is 0 Å². The van der Waals surface area contributed by atoms with Gasteiger partial charge in [-0.15, -0.1) is 0 Å². The molecule has 2 rings (SSSR count). The summed E-state index contributed by atoms with van der Waals surface area (Å²) in [5.74, 6) is 0.171. The molecule has 3 N–H and O–H groups in total. The quantitative estimate of drug-likeness (QED) is 0.620. The normalized spacial score (nSPS) is 24.3. The van der Waals surface area contributed by atoms with E-state index in [1.54, 1.807) is 4.90 Å². The van der Waals surface area contributed by atoms with Gasteiger partial charge in [0.15, 0.2) is 0 Å². The molecule has 2 amide bonds. The minimum Gasteiger partial charge on any atom is -0.354 e. The lowest BCUT2D eigenvalue weighted by Crippen LogP contribution is -2.42. The molecule has 0 radical (unpaired) electrons. The van der Waals surface area contributed by atoms with Crippen LogP contribution < -0.4 is 11.1 Å². The molecule has 0 aromatic heterocycles.